The number of nitrogens with zero attached hydrogens (tertiary/aromatic N) is 2. The van der Waals surface area contributed by atoms with Gasteiger partial charge in [0.05, 0.1) is 5.92 Å². The zero-order chi connectivity index (χ0) is 14.4. The van der Waals surface area contributed by atoms with Gasteiger partial charge in [0, 0.05) is 31.2 Å². The van der Waals surface area contributed by atoms with Crippen LogP contribution in [0.3, 0.4) is 0 Å². The number of hydrogen-bond donors (Lipinski definition) is 1. The Morgan fingerprint density at radius 1 is 1.40 bits per heavy atom. The van der Waals surface area contributed by atoms with Gasteiger partial charge in [0.15, 0.2) is 0 Å². The van der Waals surface area contributed by atoms with Crippen LogP contribution in [0.15, 0.2) is 18.2 Å². The molecule has 1 aromatic rings. The summed E-state index contributed by atoms with van der Waals surface area (Å²) in [6.45, 7) is 1.70. The summed E-state index contributed by atoms with van der Waals surface area (Å²) < 4.78 is 13.5. The summed E-state index contributed by atoms with van der Waals surface area (Å²) in [6, 6.07) is 4.71. The highest BCUT2D eigenvalue weighted by Crippen LogP contribution is 2.44. The second-order valence-corrected chi connectivity index (χ2v) is 5.91. The Bertz CT molecular complexity index is 549. The molecule has 0 saturated carbocycles. The molecule has 1 N–H and O–H groups in total. The molecule has 0 aromatic heterocycles. The van der Waals surface area contributed by atoms with Gasteiger partial charge in [-0.05, 0) is 43.8 Å². The van der Waals surface area contributed by atoms with E-state index in [4.69, 9.17) is 0 Å². The van der Waals surface area contributed by atoms with Crippen molar-refractivity contribution in [3.8, 4) is 0 Å². The number of carbonyl (C=O) groups is 1. The molecule has 0 spiro atoms. The second-order valence-electron chi connectivity index (χ2n) is 5.91. The van der Waals surface area contributed by atoms with E-state index in [0.29, 0.717) is 5.56 Å². The van der Waals surface area contributed by atoms with Gasteiger partial charge in [0.2, 0.25) is 0 Å². The smallest absolute Gasteiger partial charge is 0.311 e. The summed E-state index contributed by atoms with van der Waals surface area (Å²) in [5.41, 5.74) is 1.46. The lowest BCUT2D eigenvalue weighted by Crippen LogP contribution is -2.55. The predicted octanol–water partition coefficient (Wildman–Crippen LogP) is 1.76. The van der Waals surface area contributed by atoms with Crippen LogP contribution < -0.4 is 4.90 Å². The van der Waals surface area contributed by atoms with Crippen LogP contribution in [0.1, 0.15) is 17.9 Å². The molecule has 20 heavy (non-hydrogen) atoms. The number of piperidine rings is 1. The Morgan fingerprint density at radius 3 is 2.85 bits per heavy atom. The summed E-state index contributed by atoms with van der Waals surface area (Å²) in [5.74, 6) is -1.84. The van der Waals surface area contributed by atoms with E-state index in [-0.39, 0.29) is 17.8 Å². The van der Waals surface area contributed by atoms with Gasteiger partial charge < -0.3 is 14.9 Å². The van der Waals surface area contributed by atoms with E-state index < -0.39 is 11.9 Å². The van der Waals surface area contributed by atoms with Crippen molar-refractivity contribution in [1.29, 1.82) is 0 Å². The van der Waals surface area contributed by atoms with Crippen LogP contribution in [0.5, 0.6) is 0 Å². The molecule has 0 aliphatic carbocycles. The largest absolute Gasteiger partial charge is 0.481 e. The van der Waals surface area contributed by atoms with Crippen molar-refractivity contribution < 1.29 is 14.3 Å². The number of rotatable bonds is 1. The lowest BCUT2D eigenvalue weighted by Gasteiger charge is -2.49. The van der Waals surface area contributed by atoms with Crippen LogP contribution in [0.4, 0.5) is 10.1 Å². The van der Waals surface area contributed by atoms with Gasteiger partial charge in [-0.1, -0.05) is 0 Å². The van der Waals surface area contributed by atoms with Gasteiger partial charge in [0.1, 0.15) is 5.82 Å². The zero-order valence-corrected chi connectivity index (χ0v) is 11.7. The maximum absolute atomic E-state index is 13.5. The van der Waals surface area contributed by atoms with Crippen molar-refractivity contribution >= 4 is 11.7 Å². The maximum Gasteiger partial charge on any atom is 0.311 e. The SMILES string of the molecule is CN1CCC2C(C1)C(C(=O)O)c1cc(F)ccc1N2C. The summed E-state index contributed by atoms with van der Waals surface area (Å²) in [4.78, 5) is 16.0. The molecule has 0 radical (unpaired) electrons. The Hall–Kier alpha value is -1.62. The molecule has 0 bridgehead atoms. The zero-order valence-electron chi connectivity index (χ0n) is 11.7. The fraction of sp³-hybridized carbons (Fsp3) is 0.533. The number of carboxylic acids is 1. The van der Waals surface area contributed by atoms with E-state index in [2.05, 4.69) is 9.80 Å². The van der Waals surface area contributed by atoms with Crippen molar-refractivity contribution in [3.05, 3.63) is 29.6 Å². The summed E-state index contributed by atoms with van der Waals surface area (Å²) in [5, 5.41) is 9.63. The quantitative estimate of drug-likeness (QED) is 0.850. The first kappa shape index (κ1) is 13.4. The maximum atomic E-state index is 13.5. The number of fused-ring (bicyclic) bond motifs is 2. The Kier molecular flexibility index (Phi) is 3.17. The number of carboxylic acid groups (broad SMARTS) is 1. The molecule has 2 heterocycles. The fourth-order valence-electron chi connectivity index (χ4n) is 3.77. The van der Waals surface area contributed by atoms with E-state index in [1.807, 2.05) is 14.1 Å². The first-order chi connectivity index (χ1) is 9.49. The van der Waals surface area contributed by atoms with Crippen molar-refractivity contribution in [2.75, 3.05) is 32.1 Å². The average Bonchev–Trinajstić information content (AvgIpc) is 2.37. The molecular formula is C15H19FN2O2. The van der Waals surface area contributed by atoms with Gasteiger partial charge in [-0.2, -0.15) is 0 Å². The molecule has 3 atom stereocenters. The normalized spacial score (nSPS) is 29.8. The van der Waals surface area contributed by atoms with Crippen molar-refractivity contribution in [3.63, 3.8) is 0 Å². The summed E-state index contributed by atoms with van der Waals surface area (Å²) in [7, 11) is 3.99. The van der Waals surface area contributed by atoms with E-state index in [1.54, 1.807) is 6.07 Å². The highest BCUT2D eigenvalue weighted by molar-refractivity contribution is 5.81. The Labute approximate surface area is 117 Å². The van der Waals surface area contributed by atoms with Crippen LogP contribution in [0, 0.1) is 11.7 Å². The molecule has 4 nitrogen and oxygen atoms in total. The third-order valence-electron chi connectivity index (χ3n) is 4.72. The summed E-state index contributed by atoms with van der Waals surface area (Å²) in [6.07, 6.45) is 0.943. The topological polar surface area (TPSA) is 43.8 Å². The van der Waals surface area contributed by atoms with E-state index >= 15 is 0 Å². The van der Waals surface area contributed by atoms with Gasteiger partial charge in [0.25, 0.3) is 0 Å². The number of halogens is 1. The first-order valence-corrected chi connectivity index (χ1v) is 6.92. The van der Waals surface area contributed by atoms with Gasteiger partial charge in [-0.25, -0.2) is 4.39 Å². The Balaban J connectivity index is 2.12. The average molecular weight is 278 g/mol. The number of likely N-dealkylation sites (tertiary alicyclic amines) is 1. The molecular weight excluding hydrogens is 259 g/mol. The lowest BCUT2D eigenvalue weighted by atomic mass is 9.73. The molecule has 0 amide bonds. The summed E-state index contributed by atoms with van der Waals surface area (Å²) >= 11 is 0. The van der Waals surface area contributed by atoms with Crippen LogP contribution in [-0.2, 0) is 4.79 Å². The van der Waals surface area contributed by atoms with Crippen LogP contribution >= 0.6 is 0 Å². The third-order valence-corrected chi connectivity index (χ3v) is 4.72. The predicted molar refractivity (Wildman–Crippen MR) is 74.6 cm³/mol. The minimum atomic E-state index is -0.852. The van der Waals surface area contributed by atoms with Gasteiger partial charge in [-0.15, -0.1) is 0 Å². The minimum absolute atomic E-state index is 0.00514. The van der Waals surface area contributed by atoms with Crippen LogP contribution in [0.25, 0.3) is 0 Å². The highest BCUT2D eigenvalue weighted by Gasteiger charge is 2.45. The second kappa shape index (κ2) is 4.74. The number of anilines is 1. The highest BCUT2D eigenvalue weighted by atomic mass is 19.1. The lowest BCUT2D eigenvalue weighted by molar-refractivity contribution is -0.141. The standard InChI is InChI=1S/C15H19FN2O2/c1-17-6-5-13-11(8-17)14(15(19)20)10-7-9(16)3-4-12(10)18(13)2/h3-4,7,11,13-14H,5-6,8H2,1-2H3,(H,19,20). The monoisotopic (exact) mass is 278 g/mol. The third kappa shape index (κ3) is 1.97. The molecule has 3 unspecified atom stereocenters. The Morgan fingerprint density at radius 2 is 2.15 bits per heavy atom. The molecule has 3 rings (SSSR count). The van der Waals surface area contributed by atoms with E-state index in [0.717, 1.165) is 25.2 Å². The van der Waals surface area contributed by atoms with E-state index in [9.17, 15) is 14.3 Å². The van der Waals surface area contributed by atoms with Gasteiger partial charge >= 0.3 is 5.97 Å². The number of aliphatic carboxylic acids is 1. The minimum Gasteiger partial charge on any atom is -0.481 e. The van der Waals surface area contributed by atoms with Crippen molar-refractivity contribution in [2.45, 2.75) is 18.4 Å². The molecule has 108 valence electrons. The number of benzene rings is 1. The molecule has 1 saturated heterocycles. The number of hydrogen-bond acceptors (Lipinski definition) is 3. The van der Waals surface area contributed by atoms with Crippen molar-refractivity contribution in [2.24, 2.45) is 5.92 Å². The van der Waals surface area contributed by atoms with Crippen LogP contribution in [-0.4, -0.2) is 49.2 Å². The molecule has 2 aliphatic heterocycles. The van der Waals surface area contributed by atoms with Gasteiger partial charge in [-0.3, -0.25) is 4.79 Å². The van der Waals surface area contributed by atoms with Crippen molar-refractivity contribution in [1.82, 2.24) is 4.90 Å². The molecule has 2 aliphatic rings. The molecule has 5 heteroatoms. The first-order valence-electron chi connectivity index (χ1n) is 6.92. The molecule has 1 fully saturated rings. The molecule has 1 aromatic carbocycles. The van der Waals surface area contributed by atoms with E-state index in [1.165, 1.54) is 12.1 Å². The fourth-order valence-corrected chi connectivity index (χ4v) is 3.77. The van der Waals surface area contributed by atoms with Crippen LogP contribution in [0.2, 0.25) is 0 Å².